The number of anilines is 1. The molecule has 0 fully saturated rings. The second kappa shape index (κ2) is 8.24. The molecule has 2 aromatic carbocycles. The Morgan fingerprint density at radius 1 is 1.04 bits per heavy atom. The molecule has 0 saturated carbocycles. The van der Waals surface area contributed by atoms with Gasteiger partial charge in [-0.25, -0.2) is 5.43 Å². The Kier molecular flexibility index (Phi) is 6.25. The number of carbonyl (C=O) groups excluding carboxylic acids is 1. The Morgan fingerprint density at radius 2 is 1.70 bits per heavy atom. The average molecular weight is 377 g/mol. The van der Waals surface area contributed by atoms with Crippen LogP contribution in [0, 0.1) is 0 Å². The van der Waals surface area contributed by atoms with Crippen LogP contribution in [0.3, 0.4) is 0 Å². The Morgan fingerprint density at radius 3 is 2.30 bits per heavy atom. The van der Waals surface area contributed by atoms with Crippen molar-refractivity contribution in [3.05, 3.63) is 65.2 Å². The minimum Gasteiger partial charge on any atom is -0.376 e. The van der Waals surface area contributed by atoms with Crippen molar-refractivity contribution >= 4 is 17.8 Å². The molecule has 0 bridgehead atoms. The van der Waals surface area contributed by atoms with Gasteiger partial charge in [0, 0.05) is 5.69 Å². The Bertz CT molecular complexity index is 806. The van der Waals surface area contributed by atoms with Gasteiger partial charge >= 0.3 is 6.18 Å². The van der Waals surface area contributed by atoms with Gasteiger partial charge in [-0.1, -0.05) is 51.1 Å². The summed E-state index contributed by atoms with van der Waals surface area (Å²) in [4.78, 5) is 11.8. The fourth-order valence-electron chi connectivity index (χ4n) is 2.28. The van der Waals surface area contributed by atoms with Gasteiger partial charge in [-0.05, 0) is 34.7 Å². The molecule has 0 spiro atoms. The van der Waals surface area contributed by atoms with Crippen LogP contribution in [0.5, 0.6) is 0 Å². The van der Waals surface area contributed by atoms with Crippen LogP contribution in [0.2, 0.25) is 0 Å². The molecule has 0 saturated heterocycles. The lowest BCUT2D eigenvalue weighted by Gasteiger charge is -2.18. The lowest BCUT2D eigenvalue weighted by molar-refractivity contribution is -0.137. The van der Waals surface area contributed by atoms with E-state index in [0.29, 0.717) is 0 Å². The molecular weight excluding hydrogens is 355 g/mol. The van der Waals surface area contributed by atoms with E-state index in [9.17, 15) is 18.0 Å². The maximum absolute atomic E-state index is 12.7. The molecule has 0 heterocycles. The van der Waals surface area contributed by atoms with E-state index in [0.717, 1.165) is 17.7 Å². The highest BCUT2D eigenvalue weighted by atomic mass is 19.4. The van der Waals surface area contributed by atoms with Gasteiger partial charge < -0.3 is 5.32 Å². The van der Waals surface area contributed by atoms with Crippen molar-refractivity contribution in [3.8, 4) is 0 Å². The lowest BCUT2D eigenvalue weighted by atomic mass is 9.87. The number of amides is 1. The minimum atomic E-state index is -4.42. The molecule has 2 aromatic rings. The van der Waals surface area contributed by atoms with Crippen LogP contribution in [0.1, 0.15) is 37.5 Å². The first-order chi connectivity index (χ1) is 12.6. The molecule has 4 nitrogen and oxygen atoms in total. The van der Waals surface area contributed by atoms with Crippen LogP contribution in [-0.2, 0) is 16.4 Å². The number of hydrazone groups is 1. The van der Waals surface area contributed by atoms with Crippen molar-refractivity contribution < 1.29 is 18.0 Å². The van der Waals surface area contributed by atoms with E-state index in [1.54, 1.807) is 0 Å². The quantitative estimate of drug-likeness (QED) is 0.593. The maximum atomic E-state index is 12.7. The third kappa shape index (κ3) is 6.44. The van der Waals surface area contributed by atoms with Crippen molar-refractivity contribution in [3.63, 3.8) is 0 Å². The number of nitrogens with one attached hydrogen (secondary N) is 2. The maximum Gasteiger partial charge on any atom is 0.416 e. The molecule has 0 unspecified atom stereocenters. The van der Waals surface area contributed by atoms with Crippen molar-refractivity contribution in [1.29, 1.82) is 0 Å². The SMILES string of the molecule is CC(C)(C)c1ccc(/C=N\NC(=O)CNc2cccc(C(F)(F)F)c2)cc1. The highest BCUT2D eigenvalue weighted by Gasteiger charge is 2.30. The van der Waals surface area contributed by atoms with Crippen LogP contribution in [0.15, 0.2) is 53.6 Å². The molecule has 2 rings (SSSR count). The molecular formula is C20H22F3N3O. The highest BCUT2D eigenvalue weighted by molar-refractivity contribution is 5.84. The molecule has 1 amide bonds. The third-order valence-electron chi connectivity index (χ3n) is 3.82. The largest absolute Gasteiger partial charge is 0.416 e. The first-order valence-corrected chi connectivity index (χ1v) is 8.39. The van der Waals surface area contributed by atoms with Crippen LogP contribution in [0.4, 0.5) is 18.9 Å². The second-order valence-corrected chi connectivity index (χ2v) is 7.10. The monoisotopic (exact) mass is 377 g/mol. The number of nitrogens with zero attached hydrogens (tertiary/aromatic N) is 1. The minimum absolute atomic E-state index is 0.0545. The van der Waals surface area contributed by atoms with E-state index < -0.39 is 17.6 Å². The van der Waals surface area contributed by atoms with Gasteiger partial charge in [-0.15, -0.1) is 0 Å². The molecule has 0 aliphatic rings. The van der Waals surface area contributed by atoms with Crippen molar-refractivity contribution in [2.75, 3.05) is 11.9 Å². The van der Waals surface area contributed by atoms with Crippen molar-refractivity contribution in [2.45, 2.75) is 32.4 Å². The van der Waals surface area contributed by atoms with E-state index in [-0.39, 0.29) is 17.6 Å². The summed E-state index contributed by atoms with van der Waals surface area (Å²) in [5.41, 5.74) is 3.84. The van der Waals surface area contributed by atoms with Crippen molar-refractivity contribution in [1.82, 2.24) is 5.43 Å². The molecule has 0 aliphatic carbocycles. The van der Waals surface area contributed by atoms with E-state index in [1.807, 2.05) is 24.3 Å². The molecule has 0 aliphatic heterocycles. The van der Waals surface area contributed by atoms with Gasteiger partial charge in [0.15, 0.2) is 0 Å². The summed E-state index contributed by atoms with van der Waals surface area (Å²) in [6, 6.07) is 12.5. The zero-order valence-corrected chi connectivity index (χ0v) is 15.4. The van der Waals surface area contributed by atoms with E-state index in [2.05, 4.69) is 36.6 Å². The first-order valence-electron chi connectivity index (χ1n) is 8.39. The highest BCUT2D eigenvalue weighted by Crippen LogP contribution is 2.30. The molecule has 144 valence electrons. The second-order valence-electron chi connectivity index (χ2n) is 7.10. The van der Waals surface area contributed by atoms with Gasteiger partial charge in [0.25, 0.3) is 5.91 Å². The van der Waals surface area contributed by atoms with Gasteiger partial charge in [0.05, 0.1) is 18.3 Å². The van der Waals surface area contributed by atoms with Crippen LogP contribution < -0.4 is 10.7 Å². The molecule has 27 heavy (non-hydrogen) atoms. The summed E-state index contributed by atoms with van der Waals surface area (Å²) >= 11 is 0. The summed E-state index contributed by atoms with van der Waals surface area (Å²) in [5.74, 6) is -0.463. The molecule has 0 aromatic heterocycles. The zero-order valence-electron chi connectivity index (χ0n) is 15.4. The van der Waals surface area contributed by atoms with Crippen molar-refractivity contribution in [2.24, 2.45) is 5.10 Å². The fourth-order valence-corrected chi connectivity index (χ4v) is 2.28. The number of hydrogen-bond acceptors (Lipinski definition) is 3. The number of halogens is 3. The van der Waals surface area contributed by atoms with E-state index in [1.165, 1.54) is 23.9 Å². The number of rotatable bonds is 5. The van der Waals surface area contributed by atoms with Gasteiger partial charge in [0.1, 0.15) is 0 Å². The standard InChI is InChI=1S/C20H22F3N3O/c1-19(2,3)15-9-7-14(8-10-15)12-25-26-18(27)13-24-17-6-4-5-16(11-17)20(21,22)23/h4-12,24H,13H2,1-3H3,(H,26,27)/b25-12-. The van der Waals surface area contributed by atoms with Crippen LogP contribution >= 0.6 is 0 Å². The van der Waals surface area contributed by atoms with Gasteiger partial charge in [-0.2, -0.15) is 18.3 Å². The smallest absolute Gasteiger partial charge is 0.376 e. The lowest BCUT2D eigenvalue weighted by Crippen LogP contribution is -2.26. The Balaban J connectivity index is 1.85. The fraction of sp³-hybridized carbons (Fsp3) is 0.300. The molecule has 7 heteroatoms. The number of benzene rings is 2. The summed E-state index contributed by atoms with van der Waals surface area (Å²) in [6.45, 7) is 6.16. The van der Waals surface area contributed by atoms with Gasteiger partial charge in [0.2, 0.25) is 0 Å². The molecule has 0 radical (unpaired) electrons. The van der Waals surface area contributed by atoms with Crippen LogP contribution in [-0.4, -0.2) is 18.7 Å². The normalized spacial score (nSPS) is 12.2. The third-order valence-corrected chi connectivity index (χ3v) is 3.82. The zero-order chi connectivity index (χ0) is 20.1. The first kappa shape index (κ1) is 20.5. The van der Waals surface area contributed by atoms with E-state index in [4.69, 9.17) is 0 Å². The Labute approximate surface area is 156 Å². The predicted octanol–water partition coefficient (Wildman–Crippen LogP) is 4.57. The van der Waals surface area contributed by atoms with E-state index >= 15 is 0 Å². The molecule has 0 atom stereocenters. The number of carbonyl (C=O) groups is 1. The number of hydrogen-bond donors (Lipinski definition) is 2. The topological polar surface area (TPSA) is 53.5 Å². The summed E-state index contributed by atoms with van der Waals surface area (Å²) in [6.07, 6.45) is -2.92. The summed E-state index contributed by atoms with van der Waals surface area (Å²) < 4.78 is 38.0. The van der Waals surface area contributed by atoms with Crippen LogP contribution in [0.25, 0.3) is 0 Å². The predicted molar refractivity (Wildman–Crippen MR) is 101 cm³/mol. The summed E-state index contributed by atoms with van der Waals surface area (Å²) in [7, 11) is 0. The number of alkyl halides is 3. The summed E-state index contributed by atoms with van der Waals surface area (Å²) in [5, 5.41) is 6.50. The average Bonchev–Trinajstić information content (AvgIpc) is 2.59. The Hall–Kier alpha value is -2.83. The van der Waals surface area contributed by atoms with Gasteiger partial charge in [-0.3, -0.25) is 4.79 Å². The molecule has 2 N–H and O–H groups in total.